The summed E-state index contributed by atoms with van der Waals surface area (Å²) >= 11 is 8.19. The number of Topliss-reactive ketones (excluding diaryl/α,β-unsaturated/α-hetero) is 1. The zero-order chi connectivity index (χ0) is 18.9. The van der Waals surface area contributed by atoms with Crippen molar-refractivity contribution in [2.45, 2.75) is 51.7 Å². The molecular formula is C19H29ClN2O2S. The van der Waals surface area contributed by atoms with Crippen molar-refractivity contribution >= 4 is 35.0 Å². The van der Waals surface area contributed by atoms with Gasteiger partial charge >= 0.3 is 0 Å². The first-order valence-corrected chi connectivity index (χ1v) is 10.5. The Bertz CT molecular complexity index is 593. The number of hydrogen-bond donors (Lipinski definition) is 1. The van der Waals surface area contributed by atoms with Gasteiger partial charge in [0.2, 0.25) is 5.78 Å². The Morgan fingerprint density at radius 3 is 2.44 bits per heavy atom. The quantitative estimate of drug-likeness (QED) is 0.787. The van der Waals surface area contributed by atoms with Crippen LogP contribution in [0.15, 0.2) is 29.3 Å². The summed E-state index contributed by atoms with van der Waals surface area (Å²) in [7, 11) is 0. The molecule has 0 fully saturated rings. The predicted molar refractivity (Wildman–Crippen MR) is 109 cm³/mol. The molecule has 0 amide bonds. The molecule has 0 bridgehead atoms. The molecule has 1 aromatic carbocycles. The molecule has 1 aliphatic rings. The van der Waals surface area contributed by atoms with E-state index in [9.17, 15) is 4.79 Å². The van der Waals surface area contributed by atoms with Gasteiger partial charge in [-0.15, -0.1) is 0 Å². The highest BCUT2D eigenvalue weighted by Crippen LogP contribution is 2.40. The van der Waals surface area contributed by atoms with Gasteiger partial charge in [0, 0.05) is 10.6 Å². The smallest absolute Gasteiger partial charge is 0.205 e. The molecule has 0 saturated heterocycles. The van der Waals surface area contributed by atoms with Gasteiger partial charge in [0.05, 0.1) is 6.54 Å². The maximum Gasteiger partial charge on any atom is 0.205 e. The van der Waals surface area contributed by atoms with Gasteiger partial charge in [-0.3, -0.25) is 4.79 Å². The summed E-state index contributed by atoms with van der Waals surface area (Å²) in [5.41, 5.74) is 5.47. The second-order valence-corrected chi connectivity index (χ2v) is 7.32. The predicted octanol–water partition coefficient (Wildman–Crippen LogP) is 4.44. The number of carbonyl (C=O) groups is 1. The van der Waals surface area contributed by atoms with Crippen LogP contribution in [-0.2, 0) is 15.1 Å². The van der Waals surface area contributed by atoms with E-state index in [0.29, 0.717) is 23.8 Å². The Morgan fingerprint density at radius 1 is 1.32 bits per heavy atom. The highest BCUT2D eigenvalue weighted by molar-refractivity contribution is 7.98. The molecule has 2 N–H and O–H groups in total. The maximum absolute atomic E-state index is 13.0. The lowest BCUT2D eigenvalue weighted by atomic mass is 9.79. The molecule has 0 aliphatic carbocycles. The number of halogens is 1. The zero-order valence-corrected chi connectivity index (χ0v) is 17.1. The van der Waals surface area contributed by atoms with Gasteiger partial charge in [0.15, 0.2) is 17.5 Å². The first-order chi connectivity index (χ1) is 12.0. The minimum absolute atomic E-state index is 0.0304. The van der Waals surface area contributed by atoms with Crippen LogP contribution in [0, 0.1) is 0 Å². The number of thioether (sulfide) groups is 1. The summed E-state index contributed by atoms with van der Waals surface area (Å²) in [5, 5.41) is 0.552. The van der Waals surface area contributed by atoms with E-state index >= 15 is 0 Å². The molecule has 1 aliphatic heterocycles. The first kappa shape index (κ1) is 22.0. The van der Waals surface area contributed by atoms with E-state index < -0.39 is 11.6 Å². The third-order valence-corrected chi connectivity index (χ3v) is 4.97. The third kappa shape index (κ3) is 5.22. The van der Waals surface area contributed by atoms with Crippen LogP contribution in [0.5, 0.6) is 0 Å². The lowest BCUT2D eigenvalue weighted by Gasteiger charge is -2.37. The molecule has 140 valence electrons. The van der Waals surface area contributed by atoms with E-state index in [1.54, 1.807) is 6.07 Å². The van der Waals surface area contributed by atoms with E-state index in [1.165, 1.54) is 5.75 Å². The standard InChI is InChI=1S/C16H21ClN2O2.C3H8S/c1-3-9-16(11-7-5-6-8-12(11)17)15(20)13(4-2)21-14(10-18)19-16;1-3-4-2/h5-8,13H,3-4,9-10,18H2,1-2H3;3H2,1-2H3. The van der Waals surface area contributed by atoms with E-state index in [1.807, 2.05) is 43.8 Å². The largest absolute Gasteiger partial charge is 0.469 e. The fraction of sp³-hybridized carbons (Fsp3) is 0.579. The van der Waals surface area contributed by atoms with Crippen molar-refractivity contribution in [3.63, 3.8) is 0 Å². The summed E-state index contributed by atoms with van der Waals surface area (Å²) in [6.07, 6.45) is 3.59. The highest BCUT2D eigenvalue weighted by atomic mass is 35.5. The molecule has 2 unspecified atom stereocenters. The van der Waals surface area contributed by atoms with Crippen molar-refractivity contribution in [1.29, 1.82) is 0 Å². The SMILES string of the molecule is CCCC1(c2ccccc2Cl)N=C(CN)OC(CC)C1=O.CCSC. The Kier molecular flexibility index (Phi) is 9.54. The number of ketones is 1. The van der Waals surface area contributed by atoms with Crippen LogP contribution >= 0.6 is 23.4 Å². The Labute approximate surface area is 160 Å². The van der Waals surface area contributed by atoms with Gasteiger partial charge < -0.3 is 10.5 Å². The fourth-order valence-corrected chi connectivity index (χ4v) is 3.10. The topological polar surface area (TPSA) is 64.7 Å². The van der Waals surface area contributed by atoms with E-state index in [-0.39, 0.29) is 12.3 Å². The summed E-state index contributed by atoms with van der Waals surface area (Å²) in [4.78, 5) is 17.5. The van der Waals surface area contributed by atoms with Crippen LogP contribution < -0.4 is 5.73 Å². The number of carbonyl (C=O) groups excluding carboxylic acids is 1. The van der Waals surface area contributed by atoms with Crippen molar-refractivity contribution in [2.24, 2.45) is 10.7 Å². The van der Waals surface area contributed by atoms with Crippen molar-refractivity contribution in [3.05, 3.63) is 34.9 Å². The van der Waals surface area contributed by atoms with Gasteiger partial charge in [-0.2, -0.15) is 11.8 Å². The summed E-state index contributed by atoms with van der Waals surface area (Å²) in [6, 6.07) is 7.38. The molecule has 0 spiro atoms. The molecule has 1 aromatic rings. The summed E-state index contributed by atoms with van der Waals surface area (Å²) in [6.45, 7) is 6.27. The molecule has 2 rings (SSSR count). The summed E-state index contributed by atoms with van der Waals surface area (Å²) < 4.78 is 5.59. The maximum atomic E-state index is 13.0. The van der Waals surface area contributed by atoms with Crippen LogP contribution in [0.3, 0.4) is 0 Å². The van der Waals surface area contributed by atoms with Crippen LogP contribution in [0.1, 0.15) is 45.6 Å². The van der Waals surface area contributed by atoms with Crippen molar-refractivity contribution in [2.75, 3.05) is 18.6 Å². The average molecular weight is 385 g/mol. The lowest BCUT2D eigenvalue weighted by molar-refractivity contribution is -0.134. The molecule has 0 aromatic heterocycles. The van der Waals surface area contributed by atoms with Crippen LogP contribution in [0.4, 0.5) is 0 Å². The van der Waals surface area contributed by atoms with Crippen LogP contribution in [0.25, 0.3) is 0 Å². The Morgan fingerprint density at radius 2 is 1.96 bits per heavy atom. The Hall–Kier alpha value is -1.04. The van der Waals surface area contributed by atoms with Crippen molar-refractivity contribution < 1.29 is 9.53 Å². The molecule has 25 heavy (non-hydrogen) atoms. The van der Waals surface area contributed by atoms with E-state index in [4.69, 9.17) is 22.1 Å². The third-order valence-electron chi connectivity index (χ3n) is 4.06. The normalized spacial score (nSPS) is 22.6. The number of rotatable bonds is 6. The summed E-state index contributed by atoms with van der Waals surface area (Å²) in [5.74, 6) is 1.63. The average Bonchev–Trinajstić information content (AvgIpc) is 2.64. The van der Waals surface area contributed by atoms with Gasteiger partial charge in [0.1, 0.15) is 0 Å². The van der Waals surface area contributed by atoms with Gasteiger partial charge in [0.25, 0.3) is 0 Å². The van der Waals surface area contributed by atoms with E-state index in [0.717, 1.165) is 12.0 Å². The molecular weight excluding hydrogens is 356 g/mol. The molecule has 1 heterocycles. The van der Waals surface area contributed by atoms with Crippen LogP contribution in [0.2, 0.25) is 5.02 Å². The number of hydrogen-bond acceptors (Lipinski definition) is 5. The monoisotopic (exact) mass is 384 g/mol. The van der Waals surface area contributed by atoms with Crippen molar-refractivity contribution in [1.82, 2.24) is 0 Å². The van der Waals surface area contributed by atoms with E-state index in [2.05, 4.69) is 18.2 Å². The van der Waals surface area contributed by atoms with Gasteiger partial charge in [-0.25, -0.2) is 4.99 Å². The second-order valence-electron chi connectivity index (χ2n) is 5.76. The van der Waals surface area contributed by atoms with Crippen LogP contribution in [-0.4, -0.2) is 36.3 Å². The lowest BCUT2D eigenvalue weighted by Crippen LogP contribution is -2.49. The molecule has 0 radical (unpaired) electrons. The fourth-order valence-electron chi connectivity index (χ4n) is 2.81. The second kappa shape index (κ2) is 10.8. The number of benzene rings is 1. The highest BCUT2D eigenvalue weighted by Gasteiger charge is 2.47. The first-order valence-electron chi connectivity index (χ1n) is 8.74. The number of aliphatic imine (C=N–C) groups is 1. The number of nitrogens with zero attached hydrogens (tertiary/aromatic N) is 1. The molecule has 2 atom stereocenters. The molecule has 4 nitrogen and oxygen atoms in total. The number of nitrogens with two attached hydrogens (primary N) is 1. The molecule has 6 heteroatoms. The molecule has 0 saturated carbocycles. The van der Waals surface area contributed by atoms with Crippen molar-refractivity contribution in [3.8, 4) is 0 Å². The zero-order valence-electron chi connectivity index (χ0n) is 15.5. The van der Waals surface area contributed by atoms with Gasteiger partial charge in [-0.1, -0.05) is 57.0 Å². The minimum Gasteiger partial charge on any atom is -0.469 e. The number of ether oxygens (including phenoxy) is 1. The van der Waals surface area contributed by atoms with Gasteiger partial charge in [-0.05, 0) is 30.9 Å². The Balaban J connectivity index is 0.000000705. The minimum atomic E-state index is -0.972.